The van der Waals surface area contributed by atoms with Gasteiger partial charge in [-0.1, -0.05) is 22.0 Å². The first-order chi connectivity index (χ1) is 8.38. The molecule has 1 aliphatic rings. The highest BCUT2D eigenvalue weighted by molar-refractivity contribution is 9.10. The molecule has 1 aromatic rings. The molecule has 100 valence electrons. The second-order valence-electron chi connectivity index (χ2n) is 5.68. The molecule has 1 saturated heterocycles. The average molecular weight is 315 g/mol. The van der Waals surface area contributed by atoms with Gasteiger partial charge in [0, 0.05) is 36.2 Å². The lowest BCUT2D eigenvalue weighted by Crippen LogP contribution is -2.57. The maximum atomic E-state index is 13.1. The van der Waals surface area contributed by atoms with Gasteiger partial charge in [-0.25, -0.2) is 4.39 Å². The van der Waals surface area contributed by atoms with Gasteiger partial charge in [-0.3, -0.25) is 9.80 Å². The van der Waals surface area contributed by atoms with Gasteiger partial charge in [0.1, 0.15) is 5.82 Å². The van der Waals surface area contributed by atoms with E-state index < -0.39 is 0 Å². The third-order valence-electron chi connectivity index (χ3n) is 3.80. The van der Waals surface area contributed by atoms with E-state index in [1.807, 2.05) is 6.07 Å². The van der Waals surface area contributed by atoms with Crippen molar-refractivity contribution in [2.75, 3.05) is 26.7 Å². The zero-order valence-corrected chi connectivity index (χ0v) is 12.8. The van der Waals surface area contributed by atoms with Gasteiger partial charge < -0.3 is 0 Å². The van der Waals surface area contributed by atoms with Crippen LogP contribution in [0.1, 0.15) is 19.4 Å². The number of benzene rings is 1. The number of hydrogen-bond donors (Lipinski definition) is 0. The Kier molecular flexibility index (Phi) is 4.09. The highest BCUT2D eigenvalue weighted by Gasteiger charge is 2.30. The Morgan fingerprint density at radius 3 is 2.67 bits per heavy atom. The first-order valence-electron chi connectivity index (χ1n) is 6.26. The highest BCUT2D eigenvalue weighted by atomic mass is 79.9. The fourth-order valence-corrected chi connectivity index (χ4v) is 2.84. The van der Waals surface area contributed by atoms with E-state index in [4.69, 9.17) is 0 Å². The summed E-state index contributed by atoms with van der Waals surface area (Å²) in [5.41, 5.74) is 1.35. The van der Waals surface area contributed by atoms with Crippen LogP contribution in [0.5, 0.6) is 0 Å². The molecule has 0 aromatic heterocycles. The predicted molar refractivity (Wildman–Crippen MR) is 76.1 cm³/mol. The third kappa shape index (κ3) is 3.11. The third-order valence-corrected chi connectivity index (χ3v) is 4.54. The van der Waals surface area contributed by atoms with Crippen LogP contribution in [0.3, 0.4) is 0 Å². The molecule has 4 heteroatoms. The normalized spacial score (nSPS) is 21.2. The number of halogens is 2. The van der Waals surface area contributed by atoms with Crippen molar-refractivity contribution in [3.8, 4) is 0 Å². The number of rotatable bonds is 2. The minimum Gasteiger partial charge on any atom is -0.299 e. The van der Waals surface area contributed by atoms with Crippen molar-refractivity contribution in [1.82, 2.24) is 9.80 Å². The Balaban J connectivity index is 2.06. The largest absolute Gasteiger partial charge is 0.299 e. The summed E-state index contributed by atoms with van der Waals surface area (Å²) in [6.45, 7) is 8.57. The summed E-state index contributed by atoms with van der Waals surface area (Å²) < 4.78 is 13.9. The van der Waals surface area contributed by atoms with Crippen molar-refractivity contribution >= 4 is 15.9 Å². The molecule has 1 aromatic carbocycles. The quantitative estimate of drug-likeness (QED) is 0.827. The summed E-state index contributed by atoms with van der Waals surface area (Å²) in [6, 6.07) is 4.93. The molecule has 1 heterocycles. The van der Waals surface area contributed by atoms with Gasteiger partial charge in [0.05, 0.1) is 0 Å². The molecule has 0 amide bonds. The molecule has 0 aliphatic carbocycles. The van der Waals surface area contributed by atoms with Crippen molar-refractivity contribution in [2.24, 2.45) is 0 Å². The van der Waals surface area contributed by atoms with Gasteiger partial charge in [0.15, 0.2) is 0 Å². The van der Waals surface area contributed by atoms with Crippen molar-refractivity contribution in [3.05, 3.63) is 34.1 Å². The molecule has 0 atom stereocenters. The number of piperazine rings is 1. The molecule has 0 N–H and O–H groups in total. The van der Waals surface area contributed by atoms with E-state index in [1.54, 1.807) is 0 Å². The second kappa shape index (κ2) is 5.27. The first kappa shape index (κ1) is 14.0. The SMILES string of the molecule is CN1CCN(Cc2ccc(F)cc2Br)CC1(C)C. The molecule has 18 heavy (non-hydrogen) atoms. The van der Waals surface area contributed by atoms with Crippen molar-refractivity contribution in [3.63, 3.8) is 0 Å². The summed E-state index contributed by atoms with van der Waals surface area (Å²) in [5, 5.41) is 0. The van der Waals surface area contributed by atoms with E-state index in [0.29, 0.717) is 0 Å². The minimum absolute atomic E-state index is 0.190. The van der Waals surface area contributed by atoms with E-state index in [1.165, 1.54) is 12.1 Å². The monoisotopic (exact) mass is 314 g/mol. The Hall–Kier alpha value is -0.450. The molecule has 2 nitrogen and oxygen atoms in total. The smallest absolute Gasteiger partial charge is 0.124 e. The van der Waals surface area contributed by atoms with Crippen molar-refractivity contribution in [2.45, 2.75) is 25.9 Å². The molecule has 1 fully saturated rings. The van der Waals surface area contributed by atoms with E-state index in [9.17, 15) is 4.39 Å². The van der Waals surface area contributed by atoms with Crippen molar-refractivity contribution in [1.29, 1.82) is 0 Å². The van der Waals surface area contributed by atoms with Crippen LogP contribution >= 0.6 is 15.9 Å². The van der Waals surface area contributed by atoms with Crippen LogP contribution in [-0.4, -0.2) is 42.0 Å². The molecule has 2 rings (SSSR count). The molecule has 0 saturated carbocycles. The standard InChI is InChI=1S/C14H20BrFN2/c1-14(2)10-18(7-6-17(14)3)9-11-4-5-12(16)8-13(11)15/h4-5,8H,6-7,9-10H2,1-3H3. The van der Waals surface area contributed by atoms with Gasteiger partial charge in [-0.05, 0) is 38.6 Å². The topological polar surface area (TPSA) is 6.48 Å². The number of likely N-dealkylation sites (N-methyl/N-ethyl adjacent to an activating group) is 1. The maximum Gasteiger partial charge on any atom is 0.124 e. The summed E-state index contributed by atoms with van der Waals surface area (Å²) in [6.07, 6.45) is 0. The summed E-state index contributed by atoms with van der Waals surface area (Å²) >= 11 is 3.44. The van der Waals surface area contributed by atoms with Crippen LogP contribution in [0.25, 0.3) is 0 Å². The molecule has 0 bridgehead atoms. The lowest BCUT2D eigenvalue weighted by Gasteiger charge is -2.45. The maximum absolute atomic E-state index is 13.1. The van der Waals surface area contributed by atoms with Gasteiger partial charge in [-0.15, -0.1) is 0 Å². The average Bonchev–Trinajstić information content (AvgIpc) is 2.27. The molecule has 1 aliphatic heterocycles. The summed E-state index contributed by atoms with van der Waals surface area (Å²) in [5.74, 6) is -0.190. The molecule has 0 spiro atoms. The first-order valence-corrected chi connectivity index (χ1v) is 7.05. The lowest BCUT2D eigenvalue weighted by atomic mass is 9.99. The van der Waals surface area contributed by atoms with E-state index in [2.05, 4.69) is 46.6 Å². The summed E-state index contributed by atoms with van der Waals surface area (Å²) in [7, 11) is 2.17. The Bertz CT molecular complexity index is 434. The zero-order valence-electron chi connectivity index (χ0n) is 11.2. The Morgan fingerprint density at radius 2 is 2.06 bits per heavy atom. The van der Waals surface area contributed by atoms with Crippen LogP contribution in [0.15, 0.2) is 22.7 Å². The fraction of sp³-hybridized carbons (Fsp3) is 0.571. The number of nitrogens with zero attached hydrogens (tertiary/aromatic N) is 2. The summed E-state index contributed by atoms with van der Waals surface area (Å²) in [4.78, 5) is 4.82. The molecule has 0 unspecified atom stereocenters. The highest BCUT2D eigenvalue weighted by Crippen LogP contribution is 2.24. The predicted octanol–water partition coefficient (Wildman–Crippen LogP) is 3.11. The van der Waals surface area contributed by atoms with E-state index in [0.717, 1.165) is 36.2 Å². The minimum atomic E-state index is -0.190. The van der Waals surface area contributed by atoms with Crippen LogP contribution < -0.4 is 0 Å². The Labute approximate surface area is 117 Å². The van der Waals surface area contributed by atoms with Gasteiger partial charge in [0.25, 0.3) is 0 Å². The van der Waals surface area contributed by atoms with Crippen LogP contribution in [-0.2, 0) is 6.54 Å². The van der Waals surface area contributed by atoms with Gasteiger partial charge in [0.2, 0.25) is 0 Å². The lowest BCUT2D eigenvalue weighted by molar-refractivity contribution is 0.0359. The molecule has 0 radical (unpaired) electrons. The molecular weight excluding hydrogens is 295 g/mol. The second-order valence-corrected chi connectivity index (χ2v) is 6.53. The van der Waals surface area contributed by atoms with Crippen LogP contribution in [0.2, 0.25) is 0 Å². The van der Waals surface area contributed by atoms with Crippen LogP contribution in [0, 0.1) is 5.82 Å². The molecular formula is C14H20BrFN2. The Morgan fingerprint density at radius 1 is 1.33 bits per heavy atom. The van der Waals surface area contributed by atoms with Crippen LogP contribution in [0.4, 0.5) is 4.39 Å². The zero-order chi connectivity index (χ0) is 13.3. The number of hydrogen-bond acceptors (Lipinski definition) is 2. The van der Waals surface area contributed by atoms with Gasteiger partial charge >= 0.3 is 0 Å². The van der Waals surface area contributed by atoms with E-state index in [-0.39, 0.29) is 11.4 Å². The van der Waals surface area contributed by atoms with E-state index >= 15 is 0 Å². The van der Waals surface area contributed by atoms with Crippen molar-refractivity contribution < 1.29 is 4.39 Å². The fourth-order valence-electron chi connectivity index (χ4n) is 2.37. The van der Waals surface area contributed by atoms with Gasteiger partial charge in [-0.2, -0.15) is 0 Å².